The van der Waals surface area contributed by atoms with Crippen LogP contribution in [0.4, 0.5) is 0 Å². The number of fused-ring (bicyclic) bond motifs is 1. The number of aromatic amines is 1. The van der Waals surface area contributed by atoms with Crippen molar-refractivity contribution in [3.63, 3.8) is 0 Å². The number of aromatic nitrogens is 2. The van der Waals surface area contributed by atoms with E-state index in [4.69, 9.17) is 9.47 Å². The molecule has 0 unspecified atom stereocenters. The molecular weight excluding hydrogens is 208 g/mol. The van der Waals surface area contributed by atoms with Gasteiger partial charge in [-0.25, -0.2) is 4.98 Å². The quantitative estimate of drug-likeness (QED) is 0.774. The first-order valence-electron chi connectivity index (χ1n) is 5.05. The van der Waals surface area contributed by atoms with Gasteiger partial charge in [-0.05, 0) is 12.1 Å². The molecule has 2 aromatic rings. The lowest BCUT2D eigenvalue weighted by Gasteiger charge is -2.08. The van der Waals surface area contributed by atoms with E-state index >= 15 is 0 Å². The van der Waals surface area contributed by atoms with Crippen molar-refractivity contribution in [2.75, 3.05) is 13.2 Å². The van der Waals surface area contributed by atoms with E-state index in [-0.39, 0.29) is 11.8 Å². The van der Waals surface area contributed by atoms with Crippen LogP contribution in [0.5, 0.6) is 0 Å². The van der Waals surface area contributed by atoms with Gasteiger partial charge in [-0.15, -0.1) is 0 Å². The number of ether oxygens (including phenoxy) is 2. The molecule has 1 fully saturated rings. The van der Waals surface area contributed by atoms with Crippen molar-refractivity contribution in [3.05, 3.63) is 40.4 Å². The topological polar surface area (TPSA) is 64.2 Å². The van der Waals surface area contributed by atoms with E-state index in [0.717, 1.165) is 10.9 Å². The summed E-state index contributed by atoms with van der Waals surface area (Å²) in [4.78, 5) is 18.1. The Kier molecular flexibility index (Phi) is 2.19. The molecule has 0 spiro atoms. The second kappa shape index (κ2) is 3.70. The average molecular weight is 218 g/mol. The van der Waals surface area contributed by atoms with E-state index in [1.54, 1.807) is 12.4 Å². The lowest BCUT2D eigenvalue weighted by Crippen LogP contribution is -2.07. The Labute approximate surface area is 91.0 Å². The standard InChI is InChI=1S/C11H10N2O3/c14-10-9-7(1-2-12-10)5-8(6-13-9)11-15-3-4-16-11/h1-2,5-6,11H,3-4H2,(H,12,14). The average Bonchev–Trinajstić information content (AvgIpc) is 2.82. The fraction of sp³-hybridized carbons (Fsp3) is 0.273. The molecule has 0 radical (unpaired) electrons. The van der Waals surface area contributed by atoms with Crippen molar-refractivity contribution in [3.8, 4) is 0 Å². The number of pyridine rings is 2. The van der Waals surface area contributed by atoms with Crippen molar-refractivity contribution in [1.82, 2.24) is 9.97 Å². The summed E-state index contributed by atoms with van der Waals surface area (Å²) in [7, 11) is 0. The van der Waals surface area contributed by atoms with Gasteiger partial charge in [-0.3, -0.25) is 4.79 Å². The normalized spacial score (nSPS) is 17.0. The van der Waals surface area contributed by atoms with Crippen LogP contribution in [0.15, 0.2) is 29.3 Å². The smallest absolute Gasteiger partial charge is 0.274 e. The lowest BCUT2D eigenvalue weighted by molar-refractivity contribution is -0.0442. The minimum Gasteiger partial charge on any atom is -0.346 e. The van der Waals surface area contributed by atoms with Crippen molar-refractivity contribution >= 4 is 10.9 Å². The third kappa shape index (κ3) is 1.50. The highest BCUT2D eigenvalue weighted by molar-refractivity contribution is 5.77. The molecule has 0 atom stereocenters. The molecule has 5 nitrogen and oxygen atoms in total. The fourth-order valence-electron chi connectivity index (χ4n) is 1.77. The summed E-state index contributed by atoms with van der Waals surface area (Å²) >= 11 is 0. The number of hydrogen-bond acceptors (Lipinski definition) is 4. The van der Waals surface area contributed by atoms with E-state index in [2.05, 4.69) is 9.97 Å². The minimum absolute atomic E-state index is 0.183. The van der Waals surface area contributed by atoms with Gasteiger partial charge in [0.05, 0.1) is 13.2 Å². The summed E-state index contributed by atoms with van der Waals surface area (Å²) in [6, 6.07) is 3.68. The predicted molar refractivity (Wildman–Crippen MR) is 57.0 cm³/mol. The highest BCUT2D eigenvalue weighted by Gasteiger charge is 2.18. The summed E-state index contributed by atoms with van der Waals surface area (Å²) < 4.78 is 10.7. The van der Waals surface area contributed by atoms with Crippen LogP contribution >= 0.6 is 0 Å². The van der Waals surface area contributed by atoms with Gasteiger partial charge in [0.2, 0.25) is 0 Å². The number of nitrogens with zero attached hydrogens (tertiary/aromatic N) is 1. The SMILES string of the molecule is O=c1[nH]ccc2cc(C3OCCO3)cnc12. The van der Waals surface area contributed by atoms with Crippen LogP contribution in [0.1, 0.15) is 11.9 Å². The number of rotatable bonds is 1. The largest absolute Gasteiger partial charge is 0.346 e. The van der Waals surface area contributed by atoms with E-state index in [9.17, 15) is 4.79 Å². The van der Waals surface area contributed by atoms with Crippen molar-refractivity contribution in [1.29, 1.82) is 0 Å². The van der Waals surface area contributed by atoms with Crippen LogP contribution in [0, 0.1) is 0 Å². The minimum atomic E-state index is -0.351. The Morgan fingerprint density at radius 3 is 3.00 bits per heavy atom. The van der Waals surface area contributed by atoms with Crippen molar-refractivity contribution in [2.24, 2.45) is 0 Å². The Morgan fingerprint density at radius 2 is 2.19 bits per heavy atom. The molecule has 16 heavy (non-hydrogen) atoms. The molecule has 1 aliphatic rings. The van der Waals surface area contributed by atoms with E-state index in [1.807, 2.05) is 12.1 Å². The molecule has 0 aromatic carbocycles. The first-order valence-corrected chi connectivity index (χ1v) is 5.05. The van der Waals surface area contributed by atoms with Crippen LogP contribution < -0.4 is 5.56 Å². The molecule has 0 aliphatic carbocycles. The molecule has 5 heteroatoms. The monoisotopic (exact) mass is 218 g/mol. The predicted octanol–water partition coefficient (Wildman–Crippen LogP) is 0.969. The molecule has 1 N–H and O–H groups in total. The van der Waals surface area contributed by atoms with E-state index in [0.29, 0.717) is 18.7 Å². The molecule has 3 heterocycles. The summed E-state index contributed by atoms with van der Waals surface area (Å²) in [5.74, 6) is 0. The lowest BCUT2D eigenvalue weighted by atomic mass is 10.2. The van der Waals surface area contributed by atoms with Crippen LogP contribution in [-0.4, -0.2) is 23.2 Å². The Hall–Kier alpha value is -1.72. The number of hydrogen-bond donors (Lipinski definition) is 1. The van der Waals surface area contributed by atoms with Gasteiger partial charge in [-0.1, -0.05) is 0 Å². The molecular formula is C11H10N2O3. The molecule has 3 rings (SSSR count). The molecule has 82 valence electrons. The van der Waals surface area contributed by atoms with Gasteiger partial charge < -0.3 is 14.5 Å². The third-order valence-corrected chi connectivity index (χ3v) is 2.52. The molecule has 0 bridgehead atoms. The second-order valence-electron chi connectivity index (χ2n) is 3.59. The van der Waals surface area contributed by atoms with Gasteiger partial charge >= 0.3 is 0 Å². The van der Waals surface area contributed by atoms with Gasteiger partial charge in [0.15, 0.2) is 6.29 Å². The third-order valence-electron chi connectivity index (χ3n) is 2.52. The zero-order valence-corrected chi connectivity index (χ0v) is 8.47. The van der Waals surface area contributed by atoms with Crippen LogP contribution in [0.25, 0.3) is 10.9 Å². The first-order chi connectivity index (χ1) is 7.84. The van der Waals surface area contributed by atoms with Crippen molar-refractivity contribution < 1.29 is 9.47 Å². The van der Waals surface area contributed by atoms with Crippen LogP contribution in [0.3, 0.4) is 0 Å². The van der Waals surface area contributed by atoms with Gasteiger partial charge in [0, 0.05) is 23.3 Å². The number of nitrogens with one attached hydrogen (secondary N) is 1. The van der Waals surface area contributed by atoms with Gasteiger partial charge in [0.1, 0.15) is 5.52 Å². The molecule has 1 saturated heterocycles. The Bertz CT molecular complexity index is 573. The van der Waals surface area contributed by atoms with Crippen LogP contribution in [-0.2, 0) is 9.47 Å². The van der Waals surface area contributed by atoms with E-state index < -0.39 is 0 Å². The van der Waals surface area contributed by atoms with E-state index in [1.165, 1.54) is 0 Å². The highest BCUT2D eigenvalue weighted by Crippen LogP contribution is 2.24. The zero-order chi connectivity index (χ0) is 11.0. The maximum absolute atomic E-state index is 11.4. The number of H-pyrrole nitrogens is 1. The fourth-order valence-corrected chi connectivity index (χ4v) is 1.77. The summed E-state index contributed by atoms with van der Waals surface area (Å²) in [6.45, 7) is 1.19. The highest BCUT2D eigenvalue weighted by atomic mass is 16.7. The maximum atomic E-state index is 11.4. The maximum Gasteiger partial charge on any atom is 0.274 e. The molecule has 0 amide bonds. The first kappa shape index (κ1) is 9.50. The van der Waals surface area contributed by atoms with Crippen LogP contribution in [0.2, 0.25) is 0 Å². The summed E-state index contributed by atoms with van der Waals surface area (Å²) in [5.41, 5.74) is 1.09. The molecule has 1 aliphatic heterocycles. The molecule has 2 aromatic heterocycles. The summed E-state index contributed by atoms with van der Waals surface area (Å²) in [5, 5.41) is 0.792. The Balaban J connectivity index is 2.12. The second-order valence-corrected chi connectivity index (χ2v) is 3.59. The Morgan fingerprint density at radius 1 is 1.38 bits per heavy atom. The molecule has 0 saturated carbocycles. The summed E-state index contributed by atoms with van der Waals surface area (Å²) in [6.07, 6.45) is 2.87. The zero-order valence-electron chi connectivity index (χ0n) is 8.47. The van der Waals surface area contributed by atoms with Crippen molar-refractivity contribution in [2.45, 2.75) is 6.29 Å². The van der Waals surface area contributed by atoms with Gasteiger partial charge in [0.25, 0.3) is 5.56 Å². The van der Waals surface area contributed by atoms with Gasteiger partial charge in [-0.2, -0.15) is 0 Å².